The number of amides is 1. The number of rotatable bonds is 5. The summed E-state index contributed by atoms with van der Waals surface area (Å²) < 4.78 is 19.9. The van der Waals surface area contributed by atoms with Crippen LogP contribution in [0, 0.1) is 5.92 Å². The highest BCUT2D eigenvalue weighted by Crippen LogP contribution is 2.45. The molecule has 0 bridgehead atoms. The van der Waals surface area contributed by atoms with Gasteiger partial charge in [-0.1, -0.05) is 12.1 Å². The van der Waals surface area contributed by atoms with Crippen molar-refractivity contribution in [3.05, 3.63) is 29.8 Å². The molecule has 3 rings (SSSR count). The van der Waals surface area contributed by atoms with Crippen LogP contribution in [0.5, 0.6) is 5.75 Å². The van der Waals surface area contributed by atoms with Crippen molar-refractivity contribution in [1.82, 2.24) is 9.21 Å². The number of carbonyl (C=O) groups is 1. The van der Waals surface area contributed by atoms with E-state index >= 15 is 0 Å². The molecule has 2 unspecified atom stereocenters. The molecule has 0 aliphatic carbocycles. The van der Waals surface area contributed by atoms with Gasteiger partial charge in [0.1, 0.15) is 10.5 Å². The smallest absolute Gasteiger partial charge is 0.223 e. The van der Waals surface area contributed by atoms with E-state index in [1.807, 2.05) is 49.9 Å². The Morgan fingerprint density at radius 3 is 2.46 bits per heavy atom. The van der Waals surface area contributed by atoms with Gasteiger partial charge in [0, 0.05) is 43.3 Å². The van der Waals surface area contributed by atoms with Crippen molar-refractivity contribution >= 4 is 17.3 Å². The number of nitrogens with zero attached hydrogens (tertiary/aromatic N) is 2. The summed E-state index contributed by atoms with van der Waals surface area (Å²) in [7, 11) is 1.65. The molecule has 2 saturated heterocycles. The topological polar surface area (TPSA) is 55.8 Å². The molecule has 2 aliphatic heterocycles. The van der Waals surface area contributed by atoms with E-state index in [9.17, 15) is 9.35 Å². The molecule has 2 heterocycles. The molecule has 0 aromatic heterocycles. The van der Waals surface area contributed by atoms with Gasteiger partial charge < -0.3 is 14.2 Å². The summed E-state index contributed by atoms with van der Waals surface area (Å²) in [6, 6.07) is 7.86. The Kier molecular flexibility index (Phi) is 5.30. The fraction of sp³-hybridized carbons (Fsp3) is 0.650. The quantitative estimate of drug-likeness (QED) is 0.739. The highest BCUT2D eigenvalue weighted by Gasteiger charge is 2.57. The summed E-state index contributed by atoms with van der Waals surface area (Å²) in [5.74, 6) is 1.25. The second-order valence-corrected chi connectivity index (χ2v) is 10.8. The third-order valence-corrected chi connectivity index (χ3v) is 7.79. The number of benzene rings is 1. The van der Waals surface area contributed by atoms with Crippen LogP contribution in [-0.4, -0.2) is 50.2 Å². The maximum atomic E-state index is 12.9. The summed E-state index contributed by atoms with van der Waals surface area (Å²) in [4.78, 5) is 14.5. The van der Waals surface area contributed by atoms with Crippen molar-refractivity contribution in [2.45, 2.75) is 57.4 Å². The monoisotopic (exact) mass is 378 g/mol. The van der Waals surface area contributed by atoms with Crippen LogP contribution in [0.4, 0.5) is 0 Å². The number of hydrogen-bond acceptors (Lipinski definition) is 4. The SMILES string of the molecule is COc1ccc(CN2CC(C3(C)CCN3[S@@+]([O-])C(C)(C)C)CC2=O)cc1. The van der Waals surface area contributed by atoms with E-state index in [1.165, 1.54) is 0 Å². The fourth-order valence-electron chi connectivity index (χ4n) is 3.86. The van der Waals surface area contributed by atoms with Gasteiger partial charge >= 0.3 is 0 Å². The van der Waals surface area contributed by atoms with Gasteiger partial charge in [-0.3, -0.25) is 4.79 Å². The Hall–Kier alpha value is -1.24. The number of likely N-dealkylation sites (tertiary alicyclic amines) is 1. The largest absolute Gasteiger partial charge is 0.597 e. The van der Waals surface area contributed by atoms with Crippen molar-refractivity contribution in [1.29, 1.82) is 0 Å². The van der Waals surface area contributed by atoms with Gasteiger partial charge in [-0.2, -0.15) is 0 Å². The van der Waals surface area contributed by atoms with Crippen LogP contribution in [0.1, 0.15) is 46.1 Å². The van der Waals surface area contributed by atoms with E-state index in [-0.39, 0.29) is 22.1 Å². The molecule has 26 heavy (non-hydrogen) atoms. The lowest BCUT2D eigenvalue weighted by Crippen LogP contribution is -2.66. The van der Waals surface area contributed by atoms with Gasteiger partial charge in [-0.25, -0.2) is 0 Å². The summed E-state index contributed by atoms with van der Waals surface area (Å²) in [6.07, 6.45) is 1.55. The minimum atomic E-state index is -1.04. The summed E-state index contributed by atoms with van der Waals surface area (Å²) >= 11 is -1.04. The van der Waals surface area contributed by atoms with Crippen LogP contribution in [-0.2, 0) is 22.7 Å². The molecule has 1 amide bonds. The Balaban J connectivity index is 1.67. The molecular weight excluding hydrogens is 348 g/mol. The molecule has 144 valence electrons. The molecule has 2 fully saturated rings. The Labute approximate surface area is 160 Å². The zero-order valence-electron chi connectivity index (χ0n) is 16.4. The van der Waals surface area contributed by atoms with Crippen LogP contribution in [0.15, 0.2) is 24.3 Å². The molecule has 0 radical (unpaired) electrons. The minimum absolute atomic E-state index is 0.150. The van der Waals surface area contributed by atoms with E-state index in [2.05, 4.69) is 11.2 Å². The third-order valence-electron chi connectivity index (χ3n) is 5.74. The first-order chi connectivity index (χ1) is 12.1. The zero-order chi connectivity index (χ0) is 19.1. The number of hydrogen-bond donors (Lipinski definition) is 0. The summed E-state index contributed by atoms with van der Waals surface area (Å²) in [5, 5.41) is 0. The van der Waals surface area contributed by atoms with Crippen LogP contribution in [0.3, 0.4) is 0 Å². The van der Waals surface area contributed by atoms with Gasteiger partial charge in [-0.15, -0.1) is 4.31 Å². The Morgan fingerprint density at radius 1 is 1.31 bits per heavy atom. The first-order valence-electron chi connectivity index (χ1n) is 9.25. The van der Waals surface area contributed by atoms with E-state index in [1.54, 1.807) is 7.11 Å². The van der Waals surface area contributed by atoms with Gasteiger partial charge in [-0.05, 0) is 51.8 Å². The van der Waals surface area contributed by atoms with Crippen LogP contribution in [0.25, 0.3) is 0 Å². The lowest BCUT2D eigenvalue weighted by Gasteiger charge is -2.53. The van der Waals surface area contributed by atoms with Crippen molar-refractivity contribution in [3.8, 4) is 5.75 Å². The average Bonchev–Trinajstić information content (AvgIpc) is 2.94. The van der Waals surface area contributed by atoms with Gasteiger partial charge in [0.2, 0.25) is 5.91 Å². The minimum Gasteiger partial charge on any atom is -0.597 e. The molecule has 0 saturated carbocycles. The van der Waals surface area contributed by atoms with E-state index < -0.39 is 11.4 Å². The lowest BCUT2D eigenvalue weighted by molar-refractivity contribution is -0.128. The third kappa shape index (κ3) is 3.59. The van der Waals surface area contributed by atoms with Crippen LogP contribution >= 0.6 is 0 Å². The Morgan fingerprint density at radius 2 is 1.96 bits per heavy atom. The fourth-order valence-corrected chi connectivity index (χ4v) is 5.40. The number of methoxy groups -OCH3 is 1. The molecular formula is C20H30N2O3S. The predicted molar refractivity (Wildman–Crippen MR) is 104 cm³/mol. The summed E-state index contributed by atoms with van der Waals surface area (Å²) in [6.45, 7) is 10.4. The van der Waals surface area contributed by atoms with E-state index in [0.717, 1.165) is 30.8 Å². The molecule has 1 aromatic carbocycles. The number of carbonyl (C=O) groups excluding carboxylic acids is 1. The van der Waals surface area contributed by atoms with Gasteiger partial charge in [0.15, 0.2) is 0 Å². The predicted octanol–water partition coefficient (Wildman–Crippen LogP) is 2.97. The van der Waals surface area contributed by atoms with Gasteiger partial charge in [0.05, 0.1) is 12.6 Å². The van der Waals surface area contributed by atoms with Crippen molar-refractivity contribution < 1.29 is 14.1 Å². The second-order valence-electron chi connectivity index (χ2n) is 8.59. The molecule has 1 aromatic rings. The lowest BCUT2D eigenvalue weighted by atomic mass is 9.77. The van der Waals surface area contributed by atoms with E-state index in [4.69, 9.17) is 4.74 Å². The molecule has 6 heteroatoms. The standard InChI is InChI=1S/C20H30N2O3S/c1-19(2,3)26(24)22-11-10-20(22,4)16-12-18(23)21(14-16)13-15-6-8-17(25-5)9-7-15/h6-9,16H,10-14H2,1-5H3/t16?,20?,26-/m0/s1. The second kappa shape index (κ2) is 7.06. The highest BCUT2D eigenvalue weighted by atomic mass is 32.2. The average molecular weight is 379 g/mol. The van der Waals surface area contributed by atoms with Crippen molar-refractivity contribution in [3.63, 3.8) is 0 Å². The molecule has 0 spiro atoms. The molecule has 5 nitrogen and oxygen atoms in total. The Bertz CT molecular complexity index is 658. The molecule has 0 N–H and O–H groups in total. The highest BCUT2D eigenvalue weighted by molar-refractivity contribution is 7.90. The van der Waals surface area contributed by atoms with Gasteiger partial charge in [0.25, 0.3) is 0 Å². The van der Waals surface area contributed by atoms with Crippen LogP contribution in [0.2, 0.25) is 0 Å². The van der Waals surface area contributed by atoms with Crippen molar-refractivity contribution in [2.75, 3.05) is 20.2 Å². The maximum Gasteiger partial charge on any atom is 0.223 e. The first-order valence-corrected chi connectivity index (χ1v) is 10.4. The van der Waals surface area contributed by atoms with Crippen LogP contribution < -0.4 is 4.74 Å². The first kappa shape index (κ1) is 19.5. The molecule has 2 aliphatic rings. The van der Waals surface area contributed by atoms with Crippen molar-refractivity contribution in [2.24, 2.45) is 5.92 Å². The zero-order valence-corrected chi connectivity index (χ0v) is 17.3. The maximum absolute atomic E-state index is 12.9. The summed E-state index contributed by atoms with van der Waals surface area (Å²) in [5.41, 5.74) is 0.955. The normalized spacial score (nSPS) is 28.2. The number of ether oxygens (including phenoxy) is 1. The molecule has 3 atom stereocenters. The van der Waals surface area contributed by atoms with E-state index in [0.29, 0.717) is 13.0 Å².